The van der Waals surface area contributed by atoms with Crippen molar-refractivity contribution < 1.29 is 44.2 Å². The maximum absolute atomic E-state index is 11.6. The number of aliphatic hydroxyl groups is 4. The molecule has 0 aromatic rings. The van der Waals surface area contributed by atoms with Crippen LogP contribution in [0.25, 0.3) is 0 Å². The molecule has 9 nitrogen and oxygen atoms in total. The molecule has 0 heterocycles. The average molecular weight is 323 g/mol. The van der Waals surface area contributed by atoms with E-state index in [1.807, 2.05) is 0 Å². The van der Waals surface area contributed by atoms with Gasteiger partial charge in [0.2, 0.25) is 0 Å². The first-order valence-corrected chi connectivity index (χ1v) is 6.79. The SMILES string of the molecule is COCC(COC(=O)OC1[CH]C(O)C(O)C(O)C1CO)OC. The van der Waals surface area contributed by atoms with Gasteiger partial charge < -0.3 is 39.4 Å². The second-order valence-corrected chi connectivity index (χ2v) is 4.97. The number of ether oxygens (including phenoxy) is 4. The number of rotatable bonds is 7. The van der Waals surface area contributed by atoms with E-state index < -0.39 is 49.2 Å². The summed E-state index contributed by atoms with van der Waals surface area (Å²) in [7, 11) is 2.91. The van der Waals surface area contributed by atoms with Crippen molar-refractivity contribution in [3.8, 4) is 0 Å². The lowest BCUT2D eigenvalue weighted by Gasteiger charge is -2.39. The summed E-state index contributed by atoms with van der Waals surface area (Å²) in [4.78, 5) is 11.6. The van der Waals surface area contributed by atoms with Crippen LogP contribution in [-0.4, -0.2) is 91.1 Å². The summed E-state index contributed by atoms with van der Waals surface area (Å²) in [6.45, 7) is -0.417. The minimum atomic E-state index is -1.45. The van der Waals surface area contributed by atoms with E-state index in [2.05, 4.69) is 0 Å². The quantitative estimate of drug-likeness (QED) is 0.395. The molecule has 4 N–H and O–H groups in total. The van der Waals surface area contributed by atoms with Gasteiger partial charge in [-0.2, -0.15) is 0 Å². The zero-order valence-electron chi connectivity index (χ0n) is 12.5. The van der Waals surface area contributed by atoms with Gasteiger partial charge in [-0.3, -0.25) is 0 Å². The van der Waals surface area contributed by atoms with E-state index in [1.54, 1.807) is 0 Å². The normalized spacial score (nSPS) is 33.3. The first-order valence-electron chi connectivity index (χ1n) is 6.79. The number of methoxy groups -OCH3 is 2. The number of hydrogen-bond acceptors (Lipinski definition) is 9. The zero-order valence-corrected chi connectivity index (χ0v) is 12.5. The number of aliphatic hydroxyl groups excluding tert-OH is 4. The summed E-state index contributed by atoms with van der Waals surface area (Å²) in [5.74, 6) is -0.955. The van der Waals surface area contributed by atoms with Crippen LogP contribution in [0.4, 0.5) is 4.79 Å². The summed E-state index contributed by atoms with van der Waals surface area (Å²) in [5.41, 5.74) is 0. The molecule has 129 valence electrons. The van der Waals surface area contributed by atoms with Crippen LogP contribution in [-0.2, 0) is 18.9 Å². The molecule has 6 atom stereocenters. The van der Waals surface area contributed by atoms with Crippen molar-refractivity contribution >= 4 is 6.16 Å². The predicted molar refractivity (Wildman–Crippen MR) is 71.8 cm³/mol. The highest BCUT2D eigenvalue weighted by molar-refractivity contribution is 5.60. The smallest absolute Gasteiger partial charge is 0.431 e. The van der Waals surface area contributed by atoms with Crippen LogP contribution in [0.5, 0.6) is 0 Å². The van der Waals surface area contributed by atoms with E-state index in [9.17, 15) is 25.2 Å². The van der Waals surface area contributed by atoms with Gasteiger partial charge in [-0.1, -0.05) is 0 Å². The Labute approximate surface area is 128 Å². The third-order valence-corrected chi connectivity index (χ3v) is 3.46. The minimum Gasteiger partial charge on any atom is -0.431 e. The van der Waals surface area contributed by atoms with Crippen molar-refractivity contribution in [2.45, 2.75) is 30.5 Å². The Morgan fingerprint density at radius 3 is 2.41 bits per heavy atom. The molecule has 0 bridgehead atoms. The molecular weight excluding hydrogens is 300 g/mol. The van der Waals surface area contributed by atoms with Gasteiger partial charge in [0, 0.05) is 26.6 Å². The van der Waals surface area contributed by atoms with Crippen molar-refractivity contribution in [2.75, 3.05) is 34.0 Å². The topological polar surface area (TPSA) is 135 Å². The Hall–Kier alpha value is -0.970. The lowest BCUT2D eigenvalue weighted by Crippen LogP contribution is -2.55. The minimum absolute atomic E-state index is 0.104. The van der Waals surface area contributed by atoms with Crippen LogP contribution in [0.1, 0.15) is 0 Å². The van der Waals surface area contributed by atoms with Crippen LogP contribution in [0.15, 0.2) is 0 Å². The fraction of sp³-hybridized carbons (Fsp3) is 0.846. The molecule has 9 heteroatoms. The maximum atomic E-state index is 11.6. The van der Waals surface area contributed by atoms with Crippen LogP contribution in [0.3, 0.4) is 0 Å². The second-order valence-electron chi connectivity index (χ2n) is 4.97. The molecule has 0 saturated heterocycles. The van der Waals surface area contributed by atoms with Gasteiger partial charge in [0.05, 0.1) is 25.4 Å². The Kier molecular flexibility index (Phi) is 8.01. The summed E-state index contributed by atoms with van der Waals surface area (Å²) < 4.78 is 19.7. The molecule has 1 radical (unpaired) electrons. The number of hydrogen-bond donors (Lipinski definition) is 4. The summed E-state index contributed by atoms with van der Waals surface area (Å²) in [6, 6.07) is 0. The van der Waals surface area contributed by atoms with Crippen LogP contribution < -0.4 is 0 Å². The largest absolute Gasteiger partial charge is 0.508 e. The van der Waals surface area contributed by atoms with Gasteiger partial charge in [-0.25, -0.2) is 4.79 Å². The highest BCUT2D eigenvalue weighted by Crippen LogP contribution is 2.27. The van der Waals surface area contributed by atoms with Gasteiger partial charge in [0.15, 0.2) is 0 Å². The molecule has 6 unspecified atom stereocenters. The molecule has 1 saturated carbocycles. The summed E-state index contributed by atoms with van der Waals surface area (Å²) >= 11 is 0. The van der Waals surface area contributed by atoms with Gasteiger partial charge >= 0.3 is 6.16 Å². The first kappa shape index (κ1) is 19.1. The maximum Gasteiger partial charge on any atom is 0.508 e. The van der Waals surface area contributed by atoms with E-state index in [-0.39, 0.29) is 13.2 Å². The van der Waals surface area contributed by atoms with Crippen molar-refractivity contribution in [3.05, 3.63) is 6.42 Å². The highest BCUT2D eigenvalue weighted by atomic mass is 16.7. The lowest BCUT2D eigenvalue weighted by atomic mass is 9.81. The molecule has 0 aromatic heterocycles. The van der Waals surface area contributed by atoms with E-state index in [0.717, 1.165) is 6.42 Å². The van der Waals surface area contributed by atoms with Crippen molar-refractivity contribution in [3.63, 3.8) is 0 Å². The van der Waals surface area contributed by atoms with Gasteiger partial charge in [0.1, 0.15) is 24.9 Å². The molecule has 1 aliphatic rings. The van der Waals surface area contributed by atoms with Crippen LogP contribution in [0, 0.1) is 12.3 Å². The van der Waals surface area contributed by atoms with Crippen molar-refractivity contribution in [2.24, 2.45) is 5.92 Å². The highest BCUT2D eigenvalue weighted by Gasteiger charge is 2.44. The predicted octanol–water partition coefficient (Wildman–Crippen LogP) is -1.92. The molecule has 1 rings (SSSR count). The molecular formula is C13H23O9. The molecule has 22 heavy (non-hydrogen) atoms. The fourth-order valence-corrected chi connectivity index (χ4v) is 2.12. The molecule has 0 aromatic carbocycles. The second kappa shape index (κ2) is 9.23. The molecule has 1 aliphatic carbocycles. The third kappa shape index (κ3) is 5.04. The number of carbonyl (C=O) groups excluding carboxylic acids is 1. The molecule has 0 spiro atoms. The summed E-state index contributed by atoms with van der Waals surface area (Å²) in [6.07, 6.45) is -5.73. The zero-order chi connectivity index (χ0) is 16.7. The van der Waals surface area contributed by atoms with Crippen molar-refractivity contribution in [1.82, 2.24) is 0 Å². The molecule has 0 amide bonds. The monoisotopic (exact) mass is 323 g/mol. The summed E-state index contributed by atoms with van der Waals surface area (Å²) in [5, 5.41) is 38.1. The third-order valence-electron chi connectivity index (χ3n) is 3.46. The Morgan fingerprint density at radius 2 is 1.86 bits per heavy atom. The number of carbonyl (C=O) groups is 1. The molecule has 0 aliphatic heterocycles. The first-order chi connectivity index (χ1) is 10.4. The van der Waals surface area contributed by atoms with E-state index >= 15 is 0 Å². The Bertz CT molecular complexity index is 337. The van der Waals surface area contributed by atoms with Gasteiger partial charge in [-0.05, 0) is 0 Å². The lowest BCUT2D eigenvalue weighted by molar-refractivity contribution is -0.139. The van der Waals surface area contributed by atoms with Gasteiger partial charge in [-0.15, -0.1) is 0 Å². The molecule has 1 fully saturated rings. The average Bonchev–Trinajstić information content (AvgIpc) is 2.49. The van der Waals surface area contributed by atoms with Crippen LogP contribution in [0.2, 0.25) is 0 Å². The fourth-order valence-electron chi connectivity index (χ4n) is 2.12. The van der Waals surface area contributed by atoms with Gasteiger partial charge in [0.25, 0.3) is 0 Å². The van der Waals surface area contributed by atoms with Crippen molar-refractivity contribution in [1.29, 1.82) is 0 Å². The van der Waals surface area contributed by atoms with E-state index in [1.165, 1.54) is 14.2 Å². The van der Waals surface area contributed by atoms with Crippen LogP contribution >= 0.6 is 0 Å². The van der Waals surface area contributed by atoms with E-state index in [4.69, 9.17) is 18.9 Å². The standard InChI is InChI=1S/C13H23O9/c1-19-5-7(20-2)6-21-13(18)22-10-3-9(15)12(17)11(16)8(10)4-14/h3,7-12,14-17H,4-6H2,1-2H3. The Balaban J connectivity index is 2.51. The van der Waals surface area contributed by atoms with E-state index in [0.29, 0.717) is 0 Å². The Morgan fingerprint density at radius 1 is 1.18 bits per heavy atom.